The smallest absolute Gasteiger partial charge is 0.301 e. The van der Waals surface area contributed by atoms with Crippen LogP contribution in [0.4, 0.5) is 9.52 Å². The molecule has 1 aromatic heterocycles. The Hall–Kier alpha value is -3.79. The Labute approximate surface area is 179 Å². The Bertz CT molecular complexity index is 1180. The zero-order valence-corrected chi connectivity index (χ0v) is 17.0. The van der Waals surface area contributed by atoms with E-state index >= 15 is 0 Å². The molecule has 1 aliphatic rings. The molecule has 1 amide bonds. The monoisotopic (exact) mass is 441 g/mol. The third kappa shape index (κ3) is 3.61. The molecule has 1 fully saturated rings. The average molecular weight is 441 g/mol. The summed E-state index contributed by atoms with van der Waals surface area (Å²) in [5, 5.41) is 28.8. The van der Waals surface area contributed by atoms with E-state index in [-0.39, 0.29) is 34.4 Å². The minimum atomic E-state index is -1.06. The van der Waals surface area contributed by atoms with Gasteiger partial charge in [-0.3, -0.25) is 14.5 Å². The van der Waals surface area contributed by atoms with Crippen molar-refractivity contribution in [2.24, 2.45) is 0 Å². The number of Topliss-reactive ketones (excluding diaryl/α,β-unsaturated/α-hetero) is 1. The number of carbonyl (C=O) groups is 2. The van der Waals surface area contributed by atoms with Crippen LogP contribution in [0.2, 0.25) is 0 Å². The topological polar surface area (TPSA) is 113 Å². The Morgan fingerprint density at radius 2 is 1.97 bits per heavy atom. The largest absolute Gasteiger partial charge is 0.507 e. The molecule has 0 aliphatic carbocycles. The molecule has 1 aliphatic heterocycles. The van der Waals surface area contributed by atoms with Crippen LogP contribution in [0.5, 0.6) is 11.5 Å². The number of nitrogens with zero attached hydrogens (tertiary/aromatic N) is 3. The van der Waals surface area contributed by atoms with E-state index < -0.39 is 29.3 Å². The zero-order chi connectivity index (χ0) is 22.1. The van der Waals surface area contributed by atoms with Crippen molar-refractivity contribution >= 4 is 33.9 Å². The molecule has 0 spiro atoms. The fraction of sp³-hybridized carbons (Fsp3) is 0.143. The van der Waals surface area contributed by atoms with E-state index in [4.69, 9.17) is 4.74 Å². The number of rotatable bonds is 5. The summed E-state index contributed by atoms with van der Waals surface area (Å²) in [5.41, 5.74) is 1.79. The Kier molecular flexibility index (Phi) is 5.38. The second-order valence-electron chi connectivity index (χ2n) is 6.56. The standard InChI is InChI=1S/C21H16FN3O5S/c1-2-30-15-9-12(5-8-14(15)26)17-16(18(27)11-3-6-13(22)7-4-11)19(28)20(29)25(17)21-24-23-10-31-21/h3-10,17,26-27H,2H2,1H3/t17-/m0/s1. The molecule has 4 rings (SSSR count). The van der Waals surface area contributed by atoms with Gasteiger partial charge in [-0.2, -0.15) is 0 Å². The maximum atomic E-state index is 13.3. The van der Waals surface area contributed by atoms with Crippen molar-refractivity contribution in [2.45, 2.75) is 13.0 Å². The van der Waals surface area contributed by atoms with E-state index in [1.165, 1.54) is 35.8 Å². The summed E-state index contributed by atoms with van der Waals surface area (Å²) in [5.74, 6) is -2.74. The van der Waals surface area contributed by atoms with Gasteiger partial charge in [0.25, 0.3) is 5.78 Å². The molecule has 8 nitrogen and oxygen atoms in total. The number of aliphatic hydroxyl groups excluding tert-OH is 1. The lowest BCUT2D eigenvalue weighted by atomic mass is 9.95. The summed E-state index contributed by atoms with van der Waals surface area (Å²) in [7, 11) is 0. The van der Waals surface area contributed by atoms with Crippen molar-refractivity contribution in [1.82, 2.24) is 10.2 Å². The number of hydrogen-bond acceptors (Lipinski definition) is 8. The maximum absolute atomic E-state index is 13.3. The molecular weight excluding hydrogens is 425 g/mol. The quantitative estimate of drug-likeness (QED) is 0.354. The molecule has 0 unspecified atom stereocenters. The van der Waals surface area contributed by atoms with Crippen molar-refractivity contribution in [1.29, 1.82) is 0 Å². The Morgan fingerprint density at radius 1 is 1.23 bits per heavy atom. The fourth-order valence-corrected chi connectivity index (χ4v) is 3.94. The van der Waals surface area contributed by atoms with Crippen LogP contribution < -0.4 is 9.64 Å². The molecule has 0 bridgehead atoms. The Morgan fingerprint density at radius 3 is 2.61 bits per heavy atom. The van der Waals surface area contributed by atoms with E-state index in [2.05, 4.69) is 10.2 Å². The first-order valence-electron chi connectivity index (χ1n) is 9.21. The number of ketones is 1. The number of amides is 1. The van der Waals surface area contributed by atoms with Gasteiger partial charge < -0.3 is 14.9 Å². The highest BCUT2D eigenvalue weighted by Crippen LogP contribution is 2.44. The highest BCUT2D eigenvalue weighted by Gasteiger charge is 2.48. The molecule has 3 aromatic rings. The molecule has 2 heterocycles. The number of carbonyl (C=O) groups excluding carboxylic acids is 2. The second kappa shape index (κ2) is 8.15. The fourth-order valence-electron chi connectivity index (χ4n) is 3.35. The number of anilines is 1. The Balaban J connectivity index is 1.94. The minimum Gasteiger partial charge on any atom is -0.507 e. The number of benzene rings is 2. The number of halogens is 1. The summed E-state index contributed by atoms with van der Waals surface area (Å²) in [6.07, 6.45) is 0. The lowest BCUT2D eigenvalue weighted by Crippen LogP contribution is -2.29. The lowest BCUT2D eigenvalue weighted by molar-refractivity contribution is -0.132. The van der Waals surface area contributed by atoms with Crippen LogP contribution in [0.15, 0.2) is 53.5 Å². The number of phenolic OH excluding ortho intramolecular Hbond substituents is 1. The van der Waals surface area contributed by atoms with Crippen LogP contribution in [0.25, 0.3) is 5.76 Å². The van der Waals surface area contributed by atoms with Gasteiger partial charge in [0.2, 0.25) is 5.13 Å². The van der Waals surface area contributed by atoms with Gasteiger partial charge >= 0.3 is 5.91 Å². The van der Waals surface area contributed by atoms with E-state index in [0.717, 1.165) is 28.4 Å². The summed E-state index contributed by atoms with van der Waals surface area (Å²) in [6, 6.07) is 8.21. The van der Waals surface area contributed by atoms with Gasteiger partial charge in [0.1, 0.15) is 17.1 Å². The van der Waals surface area contributed by atoms with E-state index in [0.29, 0.717) is 5.56 Å². The number of ether oxygens (including phenoxy) is 1. The van der Waals surface area contributed by atoms with Crippen molar-refractivity contribution < 1.29 is 28.9 Å². The number of phenols is 1. The van der Waals surface area contributed by atoms with Gasteiger partial charge in [-0.25, -0.2) is 4.39 Å². The molecule has 0 radical (unpaired) electrons. The highest BCUT2D eigenvalue weighted by molar-refractivity contribution is 7.13. The maximum Gasteiger partial charge on any atom is 0.301 e. The first-order valence-corrected chi connectivity index (χ1v) is 10.1. The predicted molar refractivity (Wildman–Crippen MR) is 110 cm³/mol. The van der Waals surface area contributed by atoms with Crippen molar-refractivity contribution in [3.63, 3.8) is 0 Å². The molecule has 31 heavy (non-hydrogen) atoms. The molecule has 1 saturated heterocycles. The predicted octanol–water partition coefficient (Wildman–Crippen LogP) is 3.41. The van der Waals surface area contributed by atoms with Gasteiger partial charge in [0.05, 0.1) is 18.2 Å². The van der Waals surface area contributed by atoms with Crippen molar-refractivity contribution in [2.75, 3.05) is 11.5 Å². The lowest BCUT2D eigenvalue weighted by Gasteiger charge is -2.23. The summed E-state index contributed by atoms with van der Waals surface area (Å²) < 4.78 is 18.8. The van der Waals surface area contributed by atoms with Crippen molar-refractivity contribution in [3.05, 3.63) is 70.5 Å². The van der Waals surface area contributed by atoms with E-state index in [9.17, 15) is 24.2 Å². The number of aromatic hydroxyl groups is 1. The van der Waals surface area contributed by atoms with Crippen LogP contribution in [0.3, 0.4) is 0 Å². The highest BCUT2D eigenvalue weighted by atomic mass is 32.1. The van der Waals surface area contributed by atoms with Crippen LogP contribution in [-0.4, -0.2) is 38.7 Å². The minimum absolute atomic E-state index is 0.114. The van der Waals surface area contributed by atoms with Crippen molar-refractivity contribution in [3.8, 4) is 11.5 Å². The van der Waals surface area contributed by atoms with Crippen LogP contribution >= 0.6 is 11.3 Å². The SMILES string of the molecule is CCOc1cc([C@H]2C(=C(O)c3ccc(F)cc3)C(=O)C(=O)N2c2nncs2)ccc1O. The molecule has 1 atom stereocenters. The third-order valence-electron chi connectivity index (χ3n) is 4.72. The number of hydrogen-bond donors (Lipinski definition) is 2. The van der Waals surface area contributed by atoms with Crippen LogP contribution in [-0.2, 0) is 9.59 Å². The molecule has 158 valence electrons. The van der Waals surface area contributed by atoms with Gasteiger partial charge in [-0.05, 0) is 48.9 Å². The van der Waals surface area contributed by atoms with E-state index in [1.807, 2.05) is 0 Å². The molecule has 0 saturated carbocycles. The summed E-state index contributed by atoms with van der Waals surface area (Å²) in [6.45, 7) is 2.02. The average Bonchev–Trinajstić information content (AvgIpc) is 3.37. The van der Waals surface area contributed by atoms with Gasteiger partial charge in [0, 0.05) is 5.56 Å². The molecule has 2 N–H and O–H groups in total. The van der Waals surface area contributed by atoms with Crippen LogP contribution in [0.1, 0.15) is 24.1 Å². The summed E-state index contributed by atoms with van der Waals surface area (Å²) in [4.78, 5) is 27.0. The van der Waals surface area contributed by atoms with Gasteiger partial charge in [-0.1, -0.05) is 17.4 Å². The van der Waals surface area contributed by atoms with Gasteiger partial charge in [-0.15, -0.1) is 10.2 Å². The first kappa shape index (κ1) is 20.5. The normalized spacial score (nSPS) is 17.9. The second-order valence-corrected chi connectivity index (χ2v) is 7.37. The van der Waals surface area contributed by atoms with Crippen LogP contribution in [0, 0.1) is 5.82 Å². The van der Waals surface area contributed by atoms with E-state index in [1.54, 1.807) is 6.92 Å². The zero-order valence-electron chi connectivity index (χ0n) is 16.2. The molecular formula is C21H16FN3O5S. The summed E-state index contributed by atoms with van der Waals surface area (Å²) >= 11 is 1.05. The molecule has 2 aromatic carbocycles. The third-order valence-corrected chi connectivity index (χ3v) is 5.40. The number of aromatic nitrogens is 2. The van der Waals surface area contributed by atoms with Gasteiger partial charge in [0.15, 0.2) is 11.5 Å². The molecule has 10 heteroatoms. The number of aliphatic hydroxyl groups is 1. The first-order chi connectivity index (χ1) is 14.9.